The highest BCUT2D eigenvalue weighted by atomic mass is 15.0. The predicted octanol–water partition coefficient (Wildman–Crippen LogP) is 0.514. The van der Waals surface area contributed by atoms with Crippen molar-refractivity contribution in [1.82, 2.24) is 10.6 Å². The molecule has 1 aliphatic heterocycles. The van der Waals surface area contributed by atoms with Crippen molar-refractivity contribution >= 4 is 0 Å². The molecule has 2 aliphatic rings. The van der Waals surface area contributed by atoms with E-state index in [1.807, 2.05) is 0 Å². The average molecular weight is 152 g/mol. The Kier molecular flexibility index (Phi) is 1.96. The first-order valence-electron chi connectivity index (χ1n) is 4.48. The van der Waals surface area contributed by atoms with Crippen molar-refractivity contribution in [3.8, 4) is 0 Å². The smallest absolute Gasteiger partial charge is 0.0168 e. The van der Waals surface area contributed by atoms with Crippen LogP contribution in [-0.4, -0.2) is 26.2 Å². The number of hydrogen-bond acceptors (Lipinski definition) is 2. The van der Waals surface area contributed by atoms with Crippen molar-refractivity contribution in [3.05, 3.63) is 11.6 Å². The summed E-state index contributed by atoms with van der Waals surface area (Å²) in [6.07, 6.45) is 4.99. The van der Waals surface area contributed by atoms with Gasteiger partial charge >= 0.3 is 0 Å². The summed E-state index contributed by atoms with van der Waals surface area (Å²) in [6, 6.07) is 0.727. The Hall–Kier alpha value is -0.340. The zero-order chi connectivity index (χ0) is 7.68. The highest BCUT2D eigenvalue weighted by molar-refractivity contribution is 5.19. The standard InChI is InChI=1S/C9H16N2/c1-10-9-4-2-3-7-5-11-6-8(7)9/h3,8-11H,2,4-6H2,1H3. The SMILES string of the molecule is CNC1CCC=C2CNCC21. The highest BCUT2D eigenvalue weighted by Gasteiger charge is 2.29. The molecule has 1 aliphatic carbocycles. The predicted molar refractivity (Wildman–Crippen MR) is 46.5 cm³/mol. The van der Waals surface area contributed by atoms with Crippen LogP contribution in [0.15, 0.2) is 11.6 Å². The molecule has 62 valence electrons. The zero-order valence-corrected chi connectivity index (χ0v) is 7.06. The second-order valence-corrected chi connectivity index (χ2v) is 3.49. The van der Waals surface area contributed by atoms with Crippen LogP contribution in [0.25, 0.3) is 0 Å². The number of fused-ring (bicyclic) bond motifs is 1. The molecule has 1 saturated heterocycles. The highest BCUT2D eigenvalue weighted by Crippen LogP contribution is 2.27. The van der Waals surface area contributed by atoms with Crippen LogP contribution in [0.1, 0.15) is 12.8 Å². The molecule has 2 nitrogen and oxygen atoms in total. The van der Waals surface area contributed by atoms with Gasteiger partial charge in [-0.05, 0) is 19.9 Å². The van der Waals surface area contributed by atoms with Crippen LogP contribution in [0.4, 0.5) is 0 Å². The molecule has 0 saturated carbocycles. The molecule has 0 aromatic carbocycles. The summed E-state index contributed by atoms with van der Waals surface area (Å²) in [5.41, 5.74) is 1.63. The summed E-state index contributed by atoms with van der Waals surface area (Å²) >= 11 is 0. The Morgan fingerprint density at radius 1 is 1.64 bits per heavy atom. The summed E-state index contributed by atoms with van der Waals surface area (Å²) < 4.78 is 0. The molecule has 0 amide bonds. The van der Waals surface area contributed by atoms with Gasteiger partial charge in [-0.3, -0.25) is 0 Å². The zero-order valence-electron chi connectivity index (χ0n) is 7.06. The Labute approximate surface area is 68.1 Å². The molecule has 0 aromatic rings. The van der Waals surface area contributed by atoms with Crippen molar-refractivity contribution in [3.63, 3.8) is 0 Å². The third-order valence-electron chi connectivity index (χ3n) is 2.91. The fourth-order valence-corrected chi connectivity index (χ4v) is 2.25. The van der Waals surface area contributed by atoms with E-state index in [4.69, 9.17) is 0 Å². The van der Waals surface area contributed by atoms with Crippen LogP contribution in [0, 0.1) is 5.92 Å². The lowest BCUT2D eigenvalue weighted by atomic mass is 9.86. The first kappa shape index (κ1) is 7.32. The fourth-order valence-electron chi connectivity index (χ4n) is 2.25. The van der Waals surface area contributed by atoms with Crippen molar-refractivity contribution < 1.29 is 0 Å². The van der Waals surface area contributed by atoms with Crippen LogP contribution in [0.5, 0.6) is 0 Å². The van der Waals surface area contributed by atoms with Crippen LogP contribution < -0.4 is 10.6 Å². The molecule has 1 heterocycles. The van der Waals surface area contributed by atoms with Gasteiger partial charge in [-0.15, -0.1) is 0 Å². The molecule has 2 unspecified atom stereocenters. The Balaban J connectivity index is 2.12. The van der Waals surface area contributed by atoms with Gasteiger partial charge in [0.2, 0.25) is 0 Å². The van der Waals surface area contributed by atoms with Crippen molar-refractivity contribution in [2.45, 2.75) is 18.9 Å². The molecule has 0 bridgehead atoms. The summed E-state index contributed by atoms with van der Waals surface area (Å²) in [4.78, 5) is 0. The molecular weight excluding hydrogens is 136 g/mol. The molecule has 2 heteroatoms. The van der Waals surface area contributed by atoms with E-state index in [9.17, 15) is 0 Å². The van der Waals surface area contributed by atoms with Gasteiger partial charge in [0.25, 0.3) is 0 Å². The molecular formula is C9H16N2. The summed E-state index contributed by atoms with van der Waals surface area (Å²) in [7, 11) is 2.08. The molecule has 2 atom stereocenters. The van der Waals surface area contributed by atoms with E-state index in [1.54, 1.807) is 5.57 Å². The quantitative estimate of drug-likeness (QED) is 0.535. The maximum Gasteiger partial charge on any atom is 0.0168 e. The van der Waals surface area contributed by atoms with E-state index in [1.165, 1.54) is 19.4 Å². The van der Waals surface area contributed by atoms with E-state index < -0.39 is 0 Å². The lowest BCUT2D eigenvalue weighted by Crippen LogP contribution is -2.36. The van der Waals surface area contributed by atoms with Gasteiger partial charge in [-0.1, -0.05) is 11.6 Å². The first-order valence-corrected chi connectivity index (χ1v) is 4.48. The van der Waals surface area contributed by atoms with E-state index in [-0.39, 0.29) is 0 Å². The second kappa shape index (κ2) is 2.95. The third kappa shape index (κ3) is 1.21. The normalized spacial score (nSPS) is 36.6. The van der Waals surface area contributed by atoms with Gasteiger partial charge in [0, 0.05) is 25.0 Å². The second-order valence-electron chi connectivity index (χ2n) is 3.49. The van der Waals surface area contributed by atoms with Gasteiger partial charge in [-0.25, -0.2) is 0 Å². The van der Waals surface area contributed by atoms with Crippen molar-refractivity contribution in [1.29, 1.82) is 0 Å². The lowest BCUT2D eigenvalue weighted by molar-refractivity contribution is 0.401. The van der Waals surface area contributed by atoms with E-state index >= 15 is 0 Å². The molecule has 1 fully saturated rings. The molecule has 2 N–H and O–H groups in total. The lowest BCUT2D eigenvalue weighted by Gasteiger charge is -2.27. The van der Waals surface area contributed by atoms with E-state index in [0.717, 1.165) is 18.5 Å². The Bertz CT molecular complexity index is 174. The van der Waals surface area contributed by atoms with E-state index in [0.29, 0.717) is 0 Å². The molecule has 2 rings (SSSR count). The third-order valence-corrected chi connectivity index (χ3v) is 2.91. The number of hydrogen-bond donors (Lipinski definition) is 2. The number of rotatable bonds is 1. The molecule has 0 radical (unpaired) electrons. The average Bonchev–Trinajstić information content (AvgIpc) is 2.50. The summed E-state index contributed by atoms with van der Waals surface area (Å²) in [5, 5.41) is 6.81. The van der Waals surface area contributed by atoms with Gasteiger partial charge in [0.05, 0.1) is 0 Å². The van der Waals surface area contributed by atoms with Gasteiger partial charge in [-0.2, -0.15) is 0 Å². The monoisotopic (exact) mass is 152 g/mol. The largest absolute Gasteiger partial charge is 0.316 e. The summed E-state index contributed by atoms with van der Waals surface area (Å²) in [5.74, 6) is 0.786. The van der Waals surface area contributed by atoms with Gasteiger partial charge in [0.15, 0.2) is 0 Å². The minimum Gasteiger partial charge on any atom is -0.316 e. The van der Waals surface area contributed by atoms with Gasteiger partial charge in [0.1, 0.15) is 0 Å². The van der Waals surface area contributed by atoms with Crippen LogP contribution >= 0.6 is 0 Å². The molecule has 11 heavy (non-hydrogen) atoms. The van der Waals surface area contributed by atoms with Crippen molar-refractivity contribution in [2.75, 3.05) is 20.1 Å². The van der Waals surface area contributed by atoms with Gasteiger partial charge < -0.3 is 10.6 Å². The van der Waals surface area contributed by atoms with Crippen LogP contribution in [-0.2, 0) is 0 Å². The molecule has 0 aromatic heterocycles. The Morgan fingerprint density at radius 2 is 2.55 bits per heavy atom. The van der Waals surface area contributed by atoms with Crippen LogP contribution in [0.3, 0.4) is 0 Å². The minimum atomic E-state index is 0.727. The summed E-state index contributed by atoms with van der Waals surface area (Å²) in [6.45, 7) is 2.31. The van der Waals surface area contributed by atoms with E-state index in [2.05, 4.69) is 23.8 Å². The topological polar surface area (TPSA) is 24.1 Å². The number of nitrogens with one attached hydrogen (secondary N) is 2. The Morgan fingerprint density at radius 3 is 3.36 bits per heavy atom. The minimum absolute atomic E-state index is 0.727. The first-order chi connectivity index (χ1) is 5.42. The maximum absolute atomic E-state index is 3.42. The molecule has 0 spiro atoms. The number of allylic oxidation sites excluding steroid dienone is 1. The fraction of sp³-hybridized carbons (Fsp3) is 0.778. The maximum atomic E-state index is 3.42. The van der Waals surface area contributed by atoms with Crippen LogP contribution in [0.2, 0.25) is 0 Å². The van der Waals surface area contributed by atoms with Crippen molar-refractivity contribution in [2.24, 2.45) is 5.92 Å².